The first-order chi connectivity index (χ1) is 7.84. The van der Waals surface area contributed by atoms with Crippen LogP contribution in [0.25, 0.3) is 0 Å². The summed E-state index contributed by atoms with van der Waals surface area (Å²) in [5.41, 5.74) is 7.13. The Bertz CT molecular complexity index is 393. The Labute approximate surface area is 114 Å². The van der Waals surface area contributed by atoms with E-state index >= 15 is 0 Å². The third-order valence-electron chi connectivity index (χ3n) is 3.72. The van der Waals surface area contributed by atoms with Gasteiger partial charge in [0.1, 0.15) is 0 Å². The average Bonchev–Trinajstić information content (AvgIpc) is 2.30. The van der Waals surface area contributed by atoms with Gasteiger partial charge < -0.3 is 10.6 Å². The van der Waals surface area contributed by atoms with Gasteiger partial charge in [-0.25, -0.2) is 0 Å². The molecule has 17 heavy (non-hydrogen) atoms. The van der Waals surface area contributed by atoms with Crippen molar-refractivity contribution in [2.45, 2.75) is 31.8 Å². The van der Waals surface area contributed by atoms with Crippen molar-refractivity contribution in [3.8, 4) is 0 Å². The van der Waals surface area contributed by atoms with Gasteiger partial charge in [0.05, 0.1) is 10.0 Å². The summed E-state index contributed by atoms with van der Waals surface area (Å²) in [6, 6.07) is 5.43. The minimum atomic E-state index is -0.173. The van der Waals surface area contributed by atoms with Gasteiger partial charge in [-0.1, -0.05) is 42.3 Å². The number of likely N-dealkylation sites (N-methyl/N-ethyl adjacent to an activating group) is 1. The lowest BCUT2D eigenvalue weighted by molar-refractivity contribution is 0.132. The summed E-state index contributed by atoms with van der Waals surface area (Å²) in [6.07, 6.45) is 0.935. The first kappa shape index (κ1) is 14.8. The molecule has 4 heteroatoms. The summed E-state index contributed by atoms with van der Waals surface area (Å²) >= 11 is 12.3. The topological polar surface area (TPSA) is 29.3 Å². The molecule has 1 rings (SSSR count). The van der Waals surface area contributed by atoms with Crippen molar-refractivity contribution in [3.63, 3.8) is 0 Å². The molecule has 1 aromatic rings. The van der Waals surface area contributed by atoms with Crippen LogP contribution in [-0.2, 0) is 0 Å². The average molecular weight is 275 g/mol. The quantitative estimate of drug-likeness (QED) is 0.907. The van der Waals surface area contributed by atoms with Crippen LogP contribution in [-0.4, -0.2) is 24.5 Å². The van der Waals surface area contributed by atoms with E-state index < -0.39 is 0 Å². The molecule has 2 atom stereocenters. The Morgan fingerprint density at radius 1 is 1.35 bits per heavy atom. The zero-order valence-electron chi connectivity index (χ0n) is 10.8. The van der Waals surface area contributed by atoms with Crippen LogP contribution in [0.5, 0.6) is 0 Å². The number of nitrogens with zero attached hydrogens (tertiary/aromatic N) is 1. The first-order valence-electron chi connectivity index (χ1n) is 5.71. The second-order valence-corrected chi connectivity index (χ2v) is 5.51. The van der Waals surface area contributed by atoms with E-state index in [1.54, 1.807) is 6.07 Å². The molecule has 0 heterocycles. The maximum absolute atomic E-state index is 6.37. The fraction of sp³-hybridized carbons (Fsp3) is 0.538. The van der Waals surface area contributed by atoms with E-state index in [4.69, 9.17) is 28.9 Å². The maximum atomic E-state index is 6.37. The largest absolute Gasteiger partial charge is 0.322 e. The second-order valence-electron chi connectivity index (χ2n) is 4.73. The van der Waals surface area contributed by atoms with E-state index in [1.165, 1.54) is 0 Å². The molecule has 0 saturated carbocycles. The van der Waals surface area contributed by atoms with E-state index in [0.29, 0.717) is 10.0 Å². The van der Waals surface area contributed by atoms with Gasteiger partial charge >= 0.3 is 0 Å². The Kier molecular flexibility index (Phi) is 4.85. The zero-order chi connectivity index (χ0) is 13.2. The van der Waals surface area contributed by atoms with E-state index in [0.717, 1.165) is 12.0 Å². The minimum Gasteiger partial charge on any atom is -0.322 e. The summed E-state index contributed by atoms with van der Waals surface area (Å²) < 4.78 is 0. The molecule has 0 aromatic heterocycles. The van der Waals surface area contributed by atoms with Crippen molar-refractivity contribution < 1.29 is 0 Å². The molecule has 0 amide bonds. The fourth-order valence-corrected chi connectivity index (χ4v) is 2.34. The molecular formula is C13H20Cl2N2. The lowest BCUT2D eigenvalue weighted by Crippen LogP contribution is -2.49. The summed E-state index contributed by atoms with van der Waals surface area (Å²) in [6.45, 7) is 4.26. The molecular weight excluding hydrogens is 255 g/mol. The number of nitrogens with two attached hydrogens (primary N) is 1. The van der Waals surface area contributed by atoms with Crippen LogP contribution in [0, 0.1) is 0 Å². The van der Waals surface area contributed by atoms with Crippen molar-refractivity contribution in [2.75, 3.05) is 14.1 Å². The van der Waals surface area contributed by atoms with Crippen LogP contribution in [0.2, 0.25) is 10.0 Å². The molecule has 0 aliphatic rings. The number of halogens is 2. The molecule has 2 nitrogen and oxygen atoms in total. The lowest BCUT2D eigenvalue weighted by Gasteiger charge is -2.41. The van der Waals surface area contributed by atoms with Gasteiger partial charge in [0.25, 0.3) is 0 Å². The van der Waals surface area contributed by atoms with Gasteiger partial charge in [0.15, 0.2) is 0 Å². The van der Waals surface area contributed by atoms with Crippen molar-refractivity contribution in [1.29, 1.82) is 0 Å². The highest BCUT2D eigenvalue weighted by atomic mass is 35.5. The highest BCUT2D eigenvalue weighted by Gasteiger charge is 2.34. The Morgan fingerprint density at radius 3 is 2.41 bits per heavy atom. The molecule has 2 unspecified atom stereocenters. The SMILES string of the molecule is CCC(C)(C(N)c1cccc(Cl)c1Cl)N(C)C. The van der Waals surface area contributed by atoms with Crippen molar-refractivity contribution in [2.24, 2.45) is 5.73 Å². The Balaban J connectivity index is 3.19. The van der Waals surface area contributed by atoms with Gasteiger partial charge in [-0.15, -0.1) is 0 Å². The predicted molar refractivity (Wildman–Crippen MR) is 75.8 cm³/mol. The second kappa shape index (κ2) is 5.57. The molecule has 0 aliphatic heterocycles. The van der Waals surface area contributed by atoms with E-state index in [2.05, 4.69) is 18.7 Å². The van der Waals surface area contributed by atoms with Gasteiger partial charge in [0.2, 0.25) is 0 Å². The Hall–Kier alpha value is -0.280. The fourth-order valence-electron chi connectivity index (χ4n) is 1.91. The zero-order valence-corrected chi connectivity index (χ0v) is 12.3. The molecule has 2 N–H and O–H groups in total. The standard InChI is InChI=1S/C13H20Cl2N2/c1-5-13(2,17(3)4)12(16)9-7-6-8-10(14)11(9)15/h6-8,12H,5,16H2,1-4H3. The van der Waals surface area contributed by atoms with Crippen LogP contribution in [0.4, 0.5) is 0 Å². The van der Waals surface area contributed by atoms with E-state index in [1.807, 2.05) is 26.2 Å². The lowest BCUT2D eigenvalue weighted by atomic mass is 9.84. The van der Waals surface area contributed by atoms with Crippen LogP contribution < -0.4 is 5.73 Å². The van der Waals surface area contributed by atoms with Gasteiger partial charge in [-0.3, -0.25) is 0 Å². The molecule has 1 aromatic carbocycles. The smallest absolute Gasteiger partial charge is 0.0640 e. The highest BCUT2D eigenvalue weighted by molar-refractivity contribution is 6.42. The van der Waals surface area contributed by atoms with E-state index in [9.17, 15) is 0 Å². The van der Waals surface area contributed by atoms with Gasteiger partial charge in [0, 0.05) is 11.6 Å². The molecule has 0 fully saturated rings. The third-order valence-corrected chi connectivity index (χ3v) is 4.56. The first-order valence-corrected chi connectivity index (χ1v) is 6.47. The van der Waals surface area contributed by atoms with E-state index in [-0.39, 0.29) is 11.6 Å². The molecule has 0 spiro atoms. The maximum Gasteiger partial charge on any atom is 0.0640 e. The number of rotatable bonds is 4. The van der Waals surface area contributed by atoms with Crippen molar-refractivity contribution >= 4 is 23.2 Å². The normalized spacial score (nSPS) is 16.9. The molecule has 0 aliphatic carbocycles. The molecule has 0 radical (unpaired) electrons. The summed E-state index contributed by atoms with van der Waals surface area (Å²) in [5.74, 6) is 0. The molecule has 0 saturated heterocycles. The van der Waals surface area contributed by atoms with Crippen molar-refractivity contribution in [3.05, 3.63) is 33.8 Å². The molecule has 96 valence electrons. The summed E-state index contributed by atoms with van der Waals surface area (Å²) in [4.78, 5) is 2.13. The number of benzene rings is 1. The van der Waals surface area contributed by atoms with Crippen LogP contribution in [0.3, 0.4) is 0 Å². The number of hydrogen-bond acceptors (Lipinski definition) is 2. The Morgan fingerprint density at radius 2 is 1.94 bits per heavy atom. The highest BCUT2D eigenvalue weighted by Crippen LogP contribution is 2.36. The monoisotopic (exact) mass is 274 g/mol. The minimum absolute atomic E-state index is 0.145. The predicted octanol–water partition coefficient (Wildman–Crippen LogP) is 3.72. The summed E-state index contributed by atoms with van der Waals surface area (Å²) in [7, 11) is 4.06. The van der Waals surface area contributed by atoms with Crippen LogP contribution in [0.1, 0.15) is 31.9 Å². The van der Waals surface area contributed by atoms with Gasteiger partial charge in [-0.2, -0.15) is 0 Å². The van der Waals surface area contributed by atoms with Crippen LogP contribution in [0.15, 0.2) is 18.2 Å². The van der Waals surface area contributed by atoms with Crippen molar-refractivity contribution in [1.82, 2.24) is 4.90 Å². The summed E-state index contributed by atoms with van der Waals surface area (Å²) in [5, 5.41) is 1.11. The third kappa shape index (κ3) is 2.76. The number of hydrogen-bond donors (Lipinski definition) is 1. The molecule has 0 bridgehead atoms. The van der Waals surface area contributed by atoms with Gasteiger partial charge in [-0.05, 0) is 39.1 Å². The van der Waals surface area contributed by atoms with Crippen LogP contribution >= 0.6 is 23.2 Å².